The summed E-state index contributed by atoms with van der Waals surface area (Å²) in [5, 5.41) is 16.2. The molecule has 0 bridgehead atoms. The number of rotatable bonds is 12. The van der Waals surface area contributed by atoms with Gasteiger partial charge in [-0.2, -0.15) is 0 Å². The van der Waals surface area contributed by atoms with E-state index in [1.165, 1.54) is 0 Å². The first kappa shape index (κ1) is 40.2. The quantitative estimate of drug-likeness (QED) is 0.129. The highest BCUT2D eigenvalue weighted by atomic mass is 16.6. The van der Waals surface area contributed by atoms with E-state index in [0.717, 1.165) is 59.2 Å². The van der Waals surface area contributed by atoms with Gasteiger partial charge in [-0.25, -0.2) is 10.3 Å². The molecule has 4 amide bonds. The lowest BCUT2D eigenvalue weighted by molar-refractivity contribution is -0.130. The van der Waals surface area contributed by atoms with E-state index in [4.69, 9.17) is 9.47 Å². The maximum Gasteiger partial charge on any atom is 0.407 e. The Kier molecular flexibility index (Phi) is 13.2. The third-order valence-corrected chi connectivity index (χ3v) is 10.4. The van der Waals surface area contributed by atoms with Crippen molar-refractivity contribution in [2.24, 2.45) is 22.9 Å². The number of anilines is 2. The van der Waals surface area contributed by atoms with Crippen molar-refractivity contribution in [2.75, 3.05) is 30.4 Å². The molecular weight excluding hydrogens is 713 g/mol. The summed E-state index contributed by atoms with van der Waals surface area (Å²) >= 11 is 0. The maximum absolute atomic E-state index is 13.9. The molecule has 1 atom stereocenters. The van der Waals surface area contributed by atoms with Crippen LogP contribution < -0.4 is 37.8 Å². The standard InChI is InChI=1S/C42H54N8O6/c1-26-5-10-33(24-35(26)45-39(52)32-19-21-55-22-20-32)29-11-6-27(7-12-29)23-36(40(53)44-34-17-15-30(16-18-34)37-47-49-50-48-37)46-38(51)31-13-8-28(9-14-31)25-43-41(54)56-42(2,3)4/h5-7,10-12,15-18,24,28,31-32,36,49-50H,8-9,13-14,19-23,25H2,1-4H3,(H,43,54)(H,44,53)(H,45,52)(H,46,51)(H,47,48)/t28?,31?,36-/m0/s1. The van der Waals surface area contributed by atoms with E-state index >= 15 is 0 Å². The van der Waals surface area contributed by atoms with Gasteiger partial charge in [-0.05, 0) is 125 Å². The van der Waals surface area contributed by atoms with Crippen molar-refractivity contribution < 1.29 is 28.7 Å². The molecule has 3 aromatic carbocycles. The number of benzene rings is 3. The van der Waals surface area contributed by atoms with Gasteiger partial charge in [-0.1, -0.05) is 36.4 Å². The maximum atomic E-state index is 13.9. The van der Waals surface area contributed by atoms with Gasteiger partial charge < -0.3 is 30.7 Å². The summed E-state index contributed by atoms with van der Waals surface area (Å²) in [6.45, 7) is 9.16. The SMILES string of the molecule is Cc1ccc(-c2ccc(C[C@H](NC(=O)C3CCC(CNC(=O)OC(C)(C)C)CC3)C(=O)Nc3ccc(C4=NNNN4)cc3)cc2)cc1NC(=O)C1CCOCC1. The van der Waals surface area contributed by atoms with Crippen LogP contribution in [0.3, 0.4) is 0 Å². The lowest BCUT2D eigenvalue weighted by atomic mass is 9.81. The Bertz CT molecular complexity index is 1880. The summed E-state index contributed by atoms with van der Waals surface area (Å²) in [7, 11) is 0. The number of ether oxygens (including phenoxy) is 2. The van der Waals surface area contributed by atoms with Gasteiger partial charge in [0.1, 0.15) is 11.6 Å². The Hall–Kier alpha value is -5.47. The van der Waals surface area contributed by atoms with Gasteiger partial charge >= 0.3 is 6.09 Å². The van der Waals surface area contributed by atoms with Crippen molar-refractivity contribution in [3.63, 3.8) is 0 Å². The van der Waals surface area contributed by atoms with E-state index in [0.29, 0.717) is 44.1 Å². The molecular formula is C42H54N8O6. The van der Waals surface area contributed by atoms with E-state index in [-0.39, 0.29) is 41.9 Å². The number of amides is 4. The van der Waals surface area contributed by atoms with Crippen LogP contribution in [0.4, 0.5) is 16.2 Å². The second-order valence-corrected chi connectivity index (χ2v) is 15.9. The predicted octanol–water partition coefficient (Wildman–Crippen LogP) is 5.30. The minimum absolute atomic E-state index is 0.0179. The molecule has 3 aromatic rings. The fourth-order valence-electron chi connectivity index (χ4n) is 7.15. The highest BCUT2D eigenvalue weighted by Crippen LogP contribution is 2.30. The minimum atomic E-state index is -0.833. The number of carbonyl (C=O) groups excluding carboxylic acids is 4. The van der Waals surface area contributed by atoms with Crippen LogP contribution in [-0.4, -0.2) is 61.1 Å². The third-order valence-electron chi connectivity index (χ3n) is 10.4. The molecule has 0 spiro atoms. The normalized spacial score (nSPS) is 19.0. The van der Waals surface area contributed by atoms with Gasteiger partial charge in [0.05, 0.1) is 0 Å². The Balaban J connectivity index is 1.11. The molecule has 2 heterocycles. The van der Waals surface area contributed by atoms with Gasteiger partial charge in [0.25, 0.3) is 0 Å². The number of hydrazone groups is 1. The zero-order chi connectivity index (χ0) is 39.7. The average molecular weight is 767 g/mol. The topological polar surface area (TPSA) is 183 Å². The van der Waals surface area contributed by atoms with Crippen molar-refractivity contribution in [2.45, 2.75) is 84.3 Å². The minimum Gasteiger partial charge on any atom is -0.444 e. The van der Waals surface area contributed by atoms with Crippen LogP contribution in [0.25, 0.3) is 11.1 Å². The van der Waals surface area contributed by atoms with Crippen molar-refractivity contribution in [3.05, 3.63) is 83.4 Å². The number of hydrogen-bond donors (Lipinski definition) is 7. The largest absolute Gasteiger partial charge is 0.444 e. The third kappa shape index (κ3) is 11.3. The lowest BCUT2D eigenvalue weighted by Crippen LogP contribution is -2.48. The first-order valence-electron chi connectivity index (χ1n) is 19.5. The second-order valence-electron chi connectivity index (χ2n) is 15.9. The van der Waals surface area contributed by atoms with Crippen molar-refractivity contribution in [1.29, 1.82) is 0 Å². The van der Waals surface area contributed by atoms with Gasteiger partial charge in [-0.15, -0.1) is 10.6 Å². The molecule has 0 unspecified atom stereocenters. The van der Waals surface area contributed by atoms with Crippen LogP contribution in [0, 0.1) is 24.7 Å². The summed E-state index contributed by atoms with van der Waals surface area (Å²) < 4.78 is 10.8. The van der Waals surface area contributed by atoms with E-state index in [1.807, 2.05) is 82.3 Å². The van der Waals surface area contributed by atoms with Crippen LogP contribution in [0.1, 0.15) is 76.0 Å². The van der Waals surface area contributed by atoms with Crippen molar-refractivity contribution in [1.82, 2.24) is 27.1 Å². The lowest BCUT2D eigenvalue weighted by Gasteiger charge is -2.29. The van der Waals surface area contributed by atoms with Crippen LogP contribution >= 0.6 is 0 Å². The molecule has 1 saturated heterocycles. The summed E-state index contributed by atoms with van der Waals surface area (Å²) in [6.07, 6.45) is 4.16. The number of carbonyl (C=O) groups is 4. The summed E-state index contributed by atoms with van der Waals surface area (Å²) in [5.41, 5.74) is 13.6. The Morgan fingerprint density at radius 2 is 1.48 bits per heavy atom. The smallest absolute Gasteiger partial charge is 0.407 e. The number of amidine groups is 1. The van der Waals surface area contributed by atoms with Crippen molar-refractivity contribution >= 4 is 41.0 Å². The monoisotopic (exact) mass is 766 g/mol. The van der Waals surface area contributed by atoms with Crippen molar-refractivity contribution in [3.8, 4) is 11.1 Å². The molecule has 2 aliphatic heterocycles. The van der Waals surface area contributed by atoms with E-state index in [1.54, 1.807) is 12.1 Å². The van der Waals surface area contributed by atoms with E-state index in [9.17, 15) is 19.2 Å². The number of aryl methyl sites for hydroxylation is 1. The number of hydrazine groups is 2. The molecule has 3 aliphatic rings. The Morgan fingerprint density at radius 3 is 2.14 bits per heavy atom. The highest BCUT2D eigenvalue weighted by Gasteiger charge is 2.30. The van der Waals surface area contributed by atoms with E-state index < -0.39 is 17.7 Å². The van der Waals surface area contributed by atoms with Crippen LogP contribution in [0.5, 0.6) is 0 Å². The fourth-order valence-corrected chi connectivity index (χ4v) is 7.15. The molecule has 0 aromatic heterocycles. The number of nitrogens with one attached hydrogen (secondary N) is 7. The summed E-state index contributed by atoms with van der Waals surface area (Å²) in [5.74, 6) is 0.104. The Labute approximate surface area is 328 Å². The molecule has 1 saturated carbocycles. The Morgan fingerprint density at radius 1 is 0.821 bits per heavy atom. The van der Waals surface area contributed by atoms with Crippen LogP contribution in [0.2, 0.25) is 0 Å². The summed E-state index contributed by atoms with van der Waals surface area (Å²) in [6, 6.07) is 20.4. The number of alkyl carbamates (subject to hydrolysis) is 1. The predicted molar refractivity (Wildman–Crippen MR) is 215 cm³/mol. The van der Waals surface area contributed by atoms with Gasteiger partial charge in [0.2, 0.25) is 17.7 Å². The van der Waals surface area contributed by atoms with E-state index in [2.05, 4.69) is 42.9 Å². The zero-order valence-electron chi connectivity index (χ0n) is 32.6. The molecule has 56 heavy (non-hydrogen) atoms. The fraction of sp³-hybridized carbons (Fsp3) is 0.452. The van der Waals surface area contributed by atoms with Crippen LogP contribution in [0.15, 0.2) is 71.8 Å². The molecule has 6 rings (SSSR count). The molecule has 0 radical (unpaired) electrons. The molecule has 14 nitrogen and oxygen atoms in total. The molecule has 1 aliphatic carbocycles. The molecule has 14 heteroatoms. The van der Waals surface area contributed by atoms with Crippen LogP contribution in [-0.2, 0) is 30.3 Å². The molecule has 298 valence electrons. The average Bonchev–Trinajstić information content (AvgIpc) is 3.73. The number of nitrogens with zero attached hydrogens (tertiary/aromatic N) is 1. The molecule has 7 N–H and O–H groups in total. The highest BCUT2D eigenvalue weighted by molar-refractivity contribution is 6.01. The zero-order valence-corrected chi connectivity index (χ0v) is 32.6. The van der Waals surface area contributed by atoms with Gasteiger partial charge in [0.15, 0.2) is 5.84 Å². The van der Waals surface area contributed by atoms with Gasteiger partial charge in [0, 0.05) is 55.0 Å². The first-order valence-corrected chi connectivity index (χ1v) is 19.5. The molecule has 2 fully saturated rings. The second kappa shape index (κ2) is 18.4. The number of hydrogen-bond acceptors (Lipinski definition) is 10. The first-order chi connectivity index (χ1) is 26.9. The summed E-state index contributed by atoms with van der Waals surface area (Å²) in [4.78, 5) is 52.7. The van der Waals surface area contributed by atoms with Gasteiger partial charge in [-0.3, -0.25) is 19.8 Å².